The summed E-state index contributed by atoms with van der Waals surface area (Å²) in [5.74, 6) is -5.95. The van der Waals surface area contributed by atoms with Gasteiger partial charge in [-0.3, -0.25) is 19.2 Å². The van der Waals surface area contributed by atoms with Crippen LogP contribution in [0.4, 0.5) is 0 Å². The van der Waals surface area contributed by atoms with E-state index in [4.69, 9.17) is 0 Å². The second kappa shape index (κ2) is 7.78. The quantitative estimate of drug-likeness (QED) is 0.200. The molecule has 0 atom stereocenters. The number of phenolic OH excluding ortho intramolecular Hbond substituents is 5. The van der Waals surface area contributed by atoms with Crippen molar-refractivity contribution in [1.29, 1.82) is 0 Å². The van der Waals surface area contributed by atoms with Gasteiger partial charge in [0.25, 0.3) is 0 Å². The van der Waals surface area contributed by atoms with Crippen LogP contribution in [0.15, 0.2) is 42.5 Å². The van der Waals surface area contributed by atoms with E-state index in [1.54, 1.807) is 6.92 Å². The minimum atomic E-state index is -0.923. The van der Waals surface area contributed by atoms with Crippen molar-refractivity contribution in [1.82, 2.24) is 0 Å². The summed E-state index contributed by atoms with van der Waals surface area (Å²) in [6.45, 7) is 3.06. The molecule has 2 aliphatic rings. The first kappa shape index (κ1) is 23.9. The second-order valence-corrected chi connectivity index (χ2v) is 9.60. The lowest BCUT2D eigenvalue weighted by Gasteiger charge is -2.26. The summed E-state index contributed by atoms with van der Waals surface area (Å²) in [6.07, 6.45) is 0. The third kappa shape index (κ3) is 3.01. The average molecular weight is 522 g/mol. The van der Waals surface area contributed by atoms with E-state index in [0.29, 0.717) is 5.56 Å². The Hall–Kier alpha value is -5.44. The predicted molar refractivity (Wildman–Crippen MR) is 136 cm³/mol. The van der Waals surface area contributed by atoms with Crippen molar-refractivity contribution in [3.05, 3.63) is 98.1 Å². The van der Waals surface area contributed by atoms with E-state index in [1.165, 1.54) is 31.2 Å². The van der Waals surface area contributed by atoms with Gasteiger partial charge in [-0.05, 0) is 78.6 Å². The number of fused-ring (bicyclic) bond motifs is 4. The van der Waals surface area contributed by atoms with Gasteiger partial charge in [-0.15, -0.1) is 0 Å². The summed E-state index contributed by atoms with van der Waals surface area (Å²) in [5.41, 5.74) is -2.13. The summed E-state index contributed by atoms with van der Waals surface area (Å²) in [4.78, 5) is 54.5. The summed E-state index contributed by atoms with van der Waals surface area (Å²) >= 11 is 0. The molecule has 0 aliphatic heterocycles. The number of hydrogen-bond acceptors (Lipinski definition) is 9. The van der Waals surface area contributed by atoms with Crippen molar-refractivity contribution in [2.75, 3.05) is 0 Å². The molecular formula is C30H18O9. The molecule has 192 valence electrons. The molecule has 4 aromatic rings. The summed E-state index contributed by atoms with van der Waals surface area (Å²) < 4.78 is 0. The van der Waals surface area contributed by atoms with Crippen molar-refractivity contribution in [3.8, 4) is 39.9 Å². The fraction of sp³-hybridized carbons (Fsp3) is 0.0667. The van der Waals surface area contributed by atoms with Crippen LogP contribution in [0.25, 0.3) is 11.1 Å². The molecule has 0 radical (unpaired) electrons. The minimum absolute atomic E-state index is 0.00464. The molecule has 9 nitrogen and oxygen atoms in total. The number of benzene rings is 4. The highest BCUT2D eigenvalue weighted by molar-refractivity contribution is 6.35. The van der Waals surface area contributed by atoms with Gasteiger partial charge in [0.1, 0.15) is 28.7 Å². The molecule has 0 saturated heterocycles. The van der Waals surface area contributed by atoms with Gasteiger partial charge in [0, 0.05) is 16.7 Å². The Labute approximate surface area is 219 Å². The van der Waals surface area contributed by atoms with Crippen molar-refractivity contribution >= 4 is 23.1 Å². The molecule has 0 unspecified atom stereocenters. The lowest BCUT2D eigenvalue weighted by molar-refractivity contribution is 0.0971. The molecular weight excluding hydrogens is 504 g/mol. The Kier molecular flexibility index (Phi) is 4.77. The Morgan fingerprint density at radius 2 is 0.897 bits per heavy atom. The number of hydrogen-bond donors (Lipinski definition) is 5. The van der Waals surface area contributed by atoms with Crippen molar-refractivity contribution < 1.29 is 44.7 Å². The summed E-state index contributed by atoms with van der Waals surface area (Å²) in [6, 6.07) is 8.72. The number of rotatable bonds is 1. The van der Waals surface area contributed by atoms with Gasteiger partial charge in [0.05, 0.1) is 27.8 Å². The maximum atomic E-state index is 13.8. The first-order chi connectivity index (χ1) is 18.4. The lowest BCUT2D eigenvalue weighted by atomic mass is 9.75. The Morgan fingerprint density at radius 3 is 1.49 bits per heavy atom. The van der Waals surface area contributed by atoms with Crippen LogP contribution in [0.2, 0.25) is 0 Å². The smallest absolute Gasteiger partial charge is 0.202 e. The molecule has 0 heterocycles. The van der Waals surface area contributed by atoms with E-state index in [-0.39, 0.29) is 38.9 Å². The zero-order valence-corrected chi connectivity index (χ0v) is 20.4. The molecule has 2 aliphatic carbocycles. The number of aromatic hydroxyl groups is 5. The predicted octanol–water partition coefficient (Wildman–Crippen LogP) is 4.05. The maximum absolute atomic E-state index is 13.8. The molecule has 0 amide bonds. The van der Waals surface area contributed by atoms with Gasteiger partial charge in [-0.25, -0.2) is 0 Å². The molecule has 39 heavy (non-hydrogen) atoms. The molecule has 4 aromatic carbocycles. The molecule has 0 saturated carbocycles. The first-order valence-electron chi connectivity index (χ1n) is 11.7. The van der Waals surface area contributed by atoms with Gasteiger partial charge in [0.15, 0.2) is 11.6 Å². The van der Waals surface area contributed by atoms with Crippen LogP contribution in [0.5, 0.6) is 28.7 Å². The van der Waals surface area contributed by atoms with Crippen LogP contribution in [0.3, 0.4) is 0 Å². The number of carbonyl (C=O) groups excluding carboxylic acids is 4. The van der Waals surface area contributed by atoms with Crippen LogP contribution >= 0.6 is 0 Å². The van der Waals surface area contributed by atoms with Gasteiger partial charge in [-0.2, -0.15) is 0 Å². The monoisotopic (exact) mass is 522 g/mol. The Balaban J connectivity index is 1.69. The lowest BCUT2D eigenvalue weighted by Crippen LogP contribution is -2.25. The van der Waals surface area contributed by atoms with E-state index < -0.39 is 74.1 Å². The van der Waals surface area contributed by atoms with Crippen LogP contribution < -0.4 is 0 Å². The van der Waals surface area contributed by atoms with Gasteiger partial charge in [-0.1, -0.05) is 0 Å². The zero-order valence-electron chi connectivity index (χ0n) is 20.4. The van der Waals surface area contributed by atoms with Gasteiger partial charge >= 0.3 is 0 Å². The third-order valence-corrected chi connectivity index (χ3v) is 7.22. The van der Waals surface area contributed by atoms with Crippen LogP contribution in [-0.4, -0.2) is 48.7 Å². The zero-order chi connectivity index (χ0) is 28.1. The summed E-state index contributed by atoms with van der Waals surface area (Å²) in [7, 11) is 0. The van der Waals surface area contributed by atoms with E-state index in [1.807, 2.05) is 0 Å². The Morgan fingerprint density at radius 1 is 0.436 bits per heavy atom. The van der Waals surface area contributed by atoms with E-state index in [2.05, 4.69) is 0 Å². The van der Waals surface area contributed by atoms with Gasteiger partial charge < -0.3 is 25.5 Å². The molecule has 0 spiro atoms. The number of phenols is 5. The molecule has 6 rings (SSSR count). The summed E-state index contributed by atoms with van der Waals surface area (Å²) in [5, 5.41) is 52.8. The van der Waals surface area contributed by atoms with Crippen LogP contribution in [-0.2, 0) is 0 Å². The molecule has 0 aromatic heterocycles. The van der Waals surface area contributed by atoms with Crippen molar-refractivity contribution in [3.63, 3.8) is 0 Å². The number of carbonyl (C=O) groups is 4. The third-order valence-electron chi connectivity index (χ3n) is 7.22. The standard InChI is InChI=1S/C30H18O9/c1-10-7-14-19(17(33)8-10)28(37)22-15(31)5-3-12(20(22)27(14)36)13-4-6-16(32)23-21(13)29(38)25-24(30(23)39)18(34)9-11(2)26(25)35/h3-9,31-35H,1-2H3. The highest BCUT2D eigenvalue weighted by Crippen LogP contribution is 2.47. The fourth-order valence-electron chi connectivity index (χ4n) is 5.50. The van der Waals surface area contributed by atoms with E-state index in [0.717, 1.165) is 18.2 Å². The number of ketones is 4. The van der Waals surface area contributed by atoms with Crippen molar-refractivity contribution in [2.24, 2.45) is 0 Å². The normalized spacial score (nSPS) is 13.6. The molecule has 0 fully saturated rings. The van der Waals surface area contributed by atoms with Gasteiger partial charge in [0.2, 0.25) is 11.6 Å². The van der Waals surface area contributed by atoms with Crippen LogP contribution in [0, 0.1) is 13.8 Å². The largest absolute Gasteiger partial charge is 0.507 e. The van der Waals surface area contributed by atoms with Crippen LogP contribution in [0.1, 0.15) is 74.8 Å². The van der Waals surface area contributed by atoms with Crippen molar-refractivity contribution in [2.45, 2.75) is 13.8 Å². The second-order valence-electron chi connectivity index (χ2n) is 9.60. The van der Waals surface area contributed by atoms with E-state index in [9.17, 15) is 44.7 Å². The molecule has 0 bridgehead atoms. The fourth-order valence-corrected chi connectivity index (χ4v) is 5.50. The highest BCUT2D eigenvalue weighted by Gasteiger charge is 2.41. The molecule has 5 N–H and O–H groups in total. The average Bonchev–Trinajstić information content (AvgIpc) is 2.87. The first-order valence-corrected chi connectivity index (χ1v) is 11.7. The number of aryl methyl sites for hydroxylation is 2. The highest BCUT2D eigenvalue weighted by atomic mass is 16.3. The topological polar surface area (TPSA) is 169 Å². The maximum Gasteiger partial charge on any atom is 0.202 e. The molecule has 9 heteroatoms. The minimum Gasteiger partial charge on any atom is -0.507 e. The SMILES string of the molecule is Cc1cc(O)c2c(c1)C(=O)c1c(-c3ccc(O)c4c3C(=O)c3c(O)c(C)cc(O)c3C4=O)ccc(O)c1C2=O. The van der Waals surface area contributed by atoms with E-state index >= 15 is 0 Å². The Bertz CT molecular complexity index is 1900.